The number of carbonyl (C=O) groups excluding carboxylic acids is 1. The number of fused-ring (bicyclic) bond motifs is 1. The Hall–Kier alpha value is -3.52. The molecule has 3 N–H and O–H groups in total. The summed E-state index contributed by atoms with van der Waals surface area (Å²) in [6.07, 6.45) is 0. The fourth-order valence-electron chi connectivity index (χ4n) is 2.99. The third-order valence-corrected chi connectivity index (χ3v) is 6.92. The van der Waals surface area contributed by atoms with Crippen molar-refractivity contribution in [1.82, 2.24) is 19.6 Å². The molecule has 0 spiro atoms. The first-order chi connectivity index (χ1) is 16.4. The van der Waals surface area contributed by atoms with Crippen LogP contribution >= 0.6 is 0 Å². The minimum absolute atomic E-state index is 0.121. The maximum atomic E-state index is 12.5. The van der Waals surface area contributed by atoms with Gasteiger partial charge in [-0.2, -0.15) is 0 Å². The summed E-state index contributed by atoms with van der Waals surface area (Å²) in [4.78, 5) is 31.8. The number of sulfonamides is 1. The molecule has 0 unspecified atom stereocenters. The van der Waals surface area contributed by atoms with Crippen molar-refractivity contribution in [3.8, 4) is 11.8 Å². The van der Waals surface area contributed by atoms with Crippen molar-refractivity contribution < 1.29 is 13.2 Å². The van der Waals surface area contributed by atoms with Crippen LogP contribution in [0.25, 0.3) is 10.9 Å². The molecule has 2 aromatic carbocycles. The van der Waals surface area contributed by atoms with E-state index < -0.39 is 15.4 Å². The average molecular weight is 496 g/mol. The number of anilines is 1. The van der Waals surface area contributed by atoms with Crippen molar-refractivity contribution in [1.29, 1.82) is 0 Å². The van der Waals surface area contributed by atoms with Crippen molar-refractivity contribution in [2.24, 2.45) is 5.41 Å². The van der Waals surface area contributed by atoms with Crippen LogP contribution in [0.2, 0.25) is 0 Å². The van der Waals surface area contributed by atoms with Gasteiger partial charge in [-0.3, -0.25) is 19.9 Å². The number of rotatable bonds is 6. The van der Waals surface area contributed by atoms with Crippen LogP contribution < -0.4 is 16.2 Å². The fourth-order valence-corrected chi connectivity index (χ4v) is 3.89. The summed E-state index contributed by atoms with van der Waals surface area (Å²) < 4.78 is 25.4. The summed E-state index contributed by atoms with van der Waals surface area (Å²) >= 11 is 0. The first-order valence-electron chi connectivity index (χ1n) is 10.9. The molecule has 0 aliphatic heterocycles. The van der Waals surface area contributed by atoms with Gasteiger partial charge >= 0.3 is 0 Å². The summed E-state index contributed by atoms with van der Waals surface area (Å²) in [5.41, 5.74) is 1.14. The first-order valence-corrected chi connectivity index (χ1v) is 12.4. The zero-order chi connectivity index (χ0) is 25.8. The number of nitrogens with one attached hydrogen (secondary N) is 3. The maximum absolute atomic E-state index is 12.5. The lowest BCUT2D eigenvalue weighted by atomic mass is 9.96. The predicted octanol–water partition coefficient (Wildman–Crippen LogP) is 2.30. The highest BCUT2D eigenvalue weighted by molar-refractivity contribution is 7.89. The normalized spacial score (nSPS) is 11.8. The van der Waals surface area contributed by atoms with E-state index in [2.05, 4.69) is 32.4 Å². The zero-order valence-corrected chi connectivity index (χ0v) is 21.2. The molecule has 0 saturated carbocycles. The SMILES string of the molecule is CN(C)S(=O)(=O)c1ccc(C#CCNCc2ccc3nc(NC(=O)C(C)(C)C)[nH]c(=O)c3c2)cc1. The quantitative estimate of drug-likeness (QED) is 0.356. The van der Waals surface area contributed by atoms with Crippen LogP contribution in [0.3, 0.4) is 0 Å². The van der Waals surface area contributed by atoms with Crippen LogP contribution in [0.1, 0.15) is 31.9 Å². The van der Waals surface area contributed by atoms with Gasteiger partial charge in [0.2, 0.25) is 21.9 Å². The van der Waals surface area contributed by atoms with Crippen molar-refractivity contribution in [3.63, 3.8) is 0 Å². The Balaban J connectivity index is 1.61. The van der Waals surface area contributed by atoms with Gasteiger partial charge in [0, 0.05) is 31.6 Å². The van der Waals surface area contributed by atoms with Crippen molar-refractivity contribution in [2.75, 3.05) is 26.0 Å². The lowest BCUT2D eigenvalue weighted by molar-refractivity contribution is -0.123. The molecule has 1 heterocycles. The minimum atomic E-state index is -3.46. The Morgan fingerprint density at radius 2 is 1.80 bits per heavy atom. The number of aromatic nitrogens is 2. The Labute approximate surface area is 205 Å². The largest absolute Gasteiger partial charge is 0.302 e. The molecule has 3 aromatic rings. The lowest BCUT2D eigenvalue weighted by Gasteiger charge is -2.17. The predicted molar refractivity (Wildman–Crippen MR) is 136 cm³/mol. The Kier molecular flexibility index (Phi) is 7.75. The van der Waals surface area contributed by atoms with Crippen LogP contribution in [-0.2, 0) is 21.4 Å². The van der Waals surface area contributed by atoms with Crippen LogP contribution in [-0.4, -0.2) is 49.2 Å². The zero-order valence-electron chi connectivity index (χ0n) is 20.4. The average Bonchev–Trinajstić information content (AvgIpc) is 2.78. The van der Waals surface area contributed by atoms with Crippen molar-refractivity contribution >= 4 is 32.8 Å². The summed E-state index contributed by atoms with van der Waals surface area (Å²) in [6, 6.07) is 11.8. The summed E-state index contributed by atoms with van der Waals surface area (Å²) in [5, 5.41) is 6.26. The van der Waals surface area contributed by atoms with E-state index in [1.807, 2.05) is 6.07 Å². The molecule has 0 aliphatic carbocycles. The maximum Gasteiger partial charge on any atom is 0.260 e. The van der Waals surface area contributed by atoms with Gasteiger partial charge in [-0.1, -0.05) is 38.7 Å². The van der Waals surface area contributed by atoms with Crippen LogP contribution in [0.5, 0.6) is 0 Å². The molecule has 1 amide bonds. The molecular formula is C25H29N5O4S. The van der Waals surface area contributed by atoms with Crippen molar-refractivity contribution in [2.45, 2.75) is 32.2 Å². The molecule has 0 bridgehead atoms. The molecule has 184 valence electrons. The number of H-pyrrole nitrogens is 1. The number of aromatic amines is 1. The van der Waals surface area contributed by atoms with E-state index in [1.165, 1.54) is 26.2 Å². The Morgan fingerprint density at radius 1 is 1.11 bits per heavy atom. The van der Waals surface area contributed by atoms with Crippen molar-refractivity contribution in [3.05, 3.63) is 63.9 Å². The molecule has 1 aromatic heterocycles. The van der Waals surface area contributed by atoms with E-state index in [1.54, 1.807) is 45.0 Å². The van der Waals surface area contributed by atoms with Gasteiger partial charge in [0.15, 0.2) is 0 Å². The van der Waals surface area contributed by atoms with Gasteiger partial charge in [0.1, 0.15) is 0 Å². The van der Waals surface area contributed by atoms with E-state index in [0.717, 1.165) is 9.87 Å². The van der Waals surface area contributed by atoms with Crippen LogP contribution in [0.15, 0.2) is 52.2 Å². The number of carbonyl (C=O) groups is 1. The minimum Gasteiger partial charge on any atom is -0.302 e. The molecule has 10 heteroatoms. The number of amides is 1. The topological polar surface area (TPSA) is 124 Å². The van der Waals surface area contributed by atoms with Gasteiger partial charge in [0.05, 0.1) is 22.3 Å². The highest BCUT2D eigenvalue weighted by Crippen LogP contribution is 2.17. The second-order valence-electron chi connectivity index (χ2n) is 9.19. The summed E-state index contributed by atoms with van der Waals surface area (Å²) in [7, 11) is -0.485. The molecule has 3 rings (SSSR count). The lowest BCUT2D eigenvalue weighted by Crippen LogP contribution is -2.29. The number of hydrogen-bond donors (Lipinski definition) is 3. The first kappa shape index (κ1) is 26.1. The molecule has 9 nitrogen and oxygen atoms in total. The second-order valence-corrected chi connectivity index (χ2v) is 11.3. The highest BCUT2D eigenvalue weighted by atomic mass is 32.2. The molecule has 0 aliphatic rings. The van der Waals surface area contributed by atoms with Gasteiger partial charge in [-0.05, 0) is 42.0 Å². The fraction of sp³-hybridized carbons (Fsp3) is 0.320. The molecule has 0 radical (unpaired) electrons. The van der Waals surface area contributed by atoms with E-state index in [-0.39, 0.29) is 22.3 Å². The van der Waals surface area contributed by atoms with E-state index in [0.29, 0.717) is 29.6 Å². The van der Waals surface area contributed by atoms with E-state index in [9.17, 15) is 18.0 Å². The van der Waals surface area contributed by atoms with Crippen LogP contribution in [0.4, 0.5) is 5.95 Å². The van der Waals surface area contributed by atoms with E-state index in [4.69, 9.17) is 0 Å². The van der Waals surface area contributed by atoms with Gasteiger partial charge < -0.3 is 5.32 Å². The van der Waals surface area contributed by atoms with Crippen LogP contribution in [0, 0.1) is 17.3 Å². The van der Waals surface area contributed by atoms with Gasteiger partial charge in [0.25, 0.3) is 5.56 Å². The van der Waals surface area contributed by atoms with Gasteiger partial charge in [-0.25, -0.2) is 17.7 Å². The third-order valence-electron chi connectivity index (χ3n) is 5.09. The smallest absolute Gasteiger partial charge is 0.260 e. The number of benzene rings is 2. The molecule has 0 fully saturated rings. The summed E-state index contributed by atoms with van der Waals surface area (Å²) in [5.74, 6) is 5.87. The number of nitrogens with zero attached hydrogens (tertiary/aromatic N) is 2. The summed E-state index contributed by atoms with van der Waals surface area (Å²) in [6.45, 7) is 6.23. The van der Waals surface area contributed by atoms with E-state index >= 15 is 0 Å². The third kappa shape index (κ3) is 6.54. The second kappa shape index (κ2) is 10.4. The number of hydrogen-bond acceptors (Lipinski definition) is 6. The molecule has 0 atom stereocenters. The Morgan fingerprint density at radius 3 is 2.43 bits per heavy atom. The highest BCUT2D eigenvalue weighted by Gasteiger charge is 2.22. The van der Waals surface area contributed by atoms with Gasteiger partial charge in [-0.15, -0.1) is 0 Å². The Bertz CT molecular complexity index is 1460. The monoisotopic (exact) mass is 495 g/mol. The molecule has 35 heavy (non-hydrogen) atoms. The molecular weight excluding hydrogens is 466 g/mol. The standard InChI is InChI=1S/C25H29N5O4S/c1-25(2,3)23(32)29-24-27-21-13-10-18(15-20(21)22(31)28-24)16-26-14-6-7-17-8-11-19(12-9-17)35(33,34)30(4)5/h8-13,15,26H,14,16H2,1-5H3,(H2,27,28,29,31,32). The molecule has 0 saturated heterocycles.